The molecule has 0 radical (unpaired) electrons. The molecule has 19 heavy (non-hydrogen) atoms. The predicted octanol–water partition coefficient (Wildman–Crippen LogP) is 2.16. The molecule has 0 atom stereocenters. The number of benzene rings is 2. The third-order valence-corrected chi connectivity index (χ3v) is 4.29. The van der Waals surface area contributed by atoms with Crippen molar-refractivity contribution in [2.24, 2.45) is 4.99 Å². The van der Waals surface area contributed by atoms with E-state index >= 15 is 0 Å². The summed E-state index contributed by atoms with van der Waals surface area (Å²) in [5.74, 6) is 0. The summed E-state index contributed by atoms with van der Waals surface area (Å²) < 4.78 is 24.9. The van der Waals surface area contributed by atoms with Crippen LogP contribution in [0.25, 0.3) is 0 Å². The fraction of sp³-hybridized carbons (Fsp3) is 0. The first-order valence-corrected chi connectivity index (χ1v) is 6.96. The monoisotopic (exact) mass is 276 g/mol. The Bertz CT molecular complexity index is 682. The molecule has 2 rings (SSSR count). The van der Waals surface area contributed by atoms with Crippen molar-refractivity contribution in [3.05, 3.63) is 54.6 Å². The van der Waals surface area contributed by atoms with E-state index in [4.69, 9.17) is 5.21 Å². The number of sulfone groups is 1. The van der Waals surface area contributed by atoms with E-state index in [-0.39, 0.29) is 15.5 Å². The highest BCUT2D eigenvalue weighted by Gasteiger charge is 2.20. The lowest BCUT2D eigenvalue weighted by Crippen LogP contribution is -2.04. The molecule has 0 amide bonds. The van der Waals surface area contributed by atoms with Crippen molar-refractivity contribution in [3.63, 3.8) is 0 Å². The summed E-state index contributed by atoms with van der Waals surface area (Å²) in [6, 6.07) is 14.5. The first-order valence-electron chi connectivity index (χ1n) is 5.47. The highest BCUT2D eigenvalue weighted by atomic mass is 32.2. The van der Waals surface area contributed by atoms with Crippen LogP contribution in [0.1, 0.15) is 0 Å². The van der Waals surface area contributed by atoms with Crippen molar-refractivity contribution >= 4 is 21.9 Å². The fourth-order valence-corrected chi connectivity index (χ4v) is 3.04. The third kappa shape index (κ3) is 2.81. The summed E-state index contributed by atoms with van der Waals surface area (Å²) in [4.78, 5) is 4.14. The minimum absolute atomic E-state index is 0.0905. The zero-order chi connectivity index (χ0) is 13.7. The van der Waals surface area contributed by atoms with E-state index < -0.39 is 9.84 Å². The summed E-state index contributed by atoms with van der Waals surface area (Å²) in [6.07, 6.45) is 1.01. The highest BCUT2D eigenvalue weighted by Crippen LogP contribution is 2.28. The molecular weight excluding hydrogens is 264 g/mol. The number of nitrogens with zero attached hydrogens (tertiary/aromatic N) is 1. The molecule has 0 aliphatic heterocycles. The second-order valence-electron chi connectivity index (χ2n) is 3.67. The second kappa shape index (κ2) is 5.64. The molecule has 0 fully saturated rings. The Morgan fingerprint density at radius 2 is 1.63 bits per heavy atom. The number of hydrogen-bond donors (Lipinski definition) is 2. The van der Waals surface area contributed by atoms with E-state index in [0.29, 0.717) is 0 Å². The SMILES string of the molecule is O=S(=O)(c1ccccc1)c1ccccc1N=CNO. The van der Waals surface area contributed by atoms with Gasteiger partial charge in [0, 0.05) is 0 Å². The third-order valence-electron chi connectivity index (χ3n) is 2.47. The Morgan fingerprint density at radius 1 is 1.00 bits per heavy atom. The molecule has 6 heteroatoms. The molecule has 0 heterocycles. The van der Waals surface area contributed by atoms with Crippen LogP contribution in [-0.2, 0) is 9.84 Å². The van der Waals surface area contributed by atoms with Crippen LogP contribution in [0.5, 0.6) is 0 Å². The molecule has 0 saturated heterocycles. The van der Waals surface area contributed by atoms with Crippen LogP contribution in [0.3, 0.4) is 0 Å². The van der Waals surface area contributed by atoms with Gasteiger partial charge in [-0.3, -0.25) is 10.7 Å². The average Bonchev–Trinajstić information content (AvgIpc) is 2.46. The first-order chi connectivity index (χ1) is 9.16. The summed E-state index contributed by atoms with van der Waals surface area (Å²) in [7, 11) is -3.62. The molecule has 0 bridgehead atoms. The van der Waals surface area contributed by atoms with Crippen LogP contribution in [0.15, 0.2) is 69.4 Å². The number of hydroxylamine groups is 1. The number of aliphatic imine (C=N–C) groups is 1. The molecule has 0 aliphatic carbocycles. The van der Waals surface area contributed by atoms with Crippen molar-refractivity contribution in [3.8, 4) is 0 Å². The molecule has 0 saturated carbocycles. The topological polar surface area (TPSA) is 78.8 Å². The summed E-state index contributed by atoms with van der Waals surface area (Å²) in [5.41, 5.74) is 2.01. The van der Waals surface area contributed by atoms with Crippen molar-refractivity contribution in [1.82, 2.24) is 5.48 Å². The van der Waals surface area contributed by atoms with Crippen molar-refractivity contribution in [2.45, 2.75) is 9.79 Å². The minimum atomic E-state index is -3.62. The Morgan fingerprint density at radius 3 is 2.32 bits per heavy atom. The quantitative estimate of drug-likeness (QED) is 0.509. The zero-order valence-electron chi connectivity index (χ0n) is 9.89. The Labute approximate surface area is 111 Å². The van der Waals surface area contributed by atoms with E-state index in [1.165, 1.54) is 18.2 Å². The van der Waals surface area contributed by atoms with Crippen LogP contribution in [-0.4, -0.2) is 20.0 Å². The normalized spacial score (nSPS) is 11.6. The van der Waals surface area contributed by atoms with Crippen molar-refractivity contribution < 1.29 is 13.6 Å². The zero-order valence-corrected chi connectivity index (χ0v) is 10.7. The lowest BCUT2D eigenvalue weighted by atomic mass is 10.3. The molecule has 0 spiro atoms. The Hall–Kier alpha value is -2.18. The van der Waals surface area contributed by atoms with Crippen LogP contribution >= 0.6 is 0 Å². The molecule has 5 nitrogen and oxygen atoms in total. The average molecular weight is 276 g/mol. The van der Waals surface area contributed by atoms with E-state index in [2.05, 4.69) is 4.99 Å². The van der Waals surface area contributed by atoms with Gasteiger partial charge in [-0.25, -0.2) is 13.4 Å². The molecule has 2 N–H and O–H groups in total. The van der Waals surface area contributed by atoms with E-state index in [1.54, 1.807) is 41.9 Å². The van der Waals surface area contributed by atoms with Gasteiger partial charge in [0.15, 0.2) is 0 Å². The summed E-state index contributed by atoms with van der Waals surface area (Å²) >= 11 is 0. The highest BCUT2D eigenvalue weighted by molar-refractivity contribution is 7.91. The Kier molecular flexibility index (Phi) is 3.94. The number of nitrogens with one attached hydrogen (secondary N) is 1. The maximum atomic E-state index is 12.5. The predicted molar refractivity (Wildman–Crippen MR) is 71.4 cm³/mol. The van der Waals surface area contributed by atoms with Gasteiger partial charge >= 0.3 is 0 Å². The van der Waals surface area contributed by atoms with Gasteiger partial charge in [0.1, 0.15) is 6.34 Å². The van der Waals surface area contributed by atoms with E-state index in [9.17, 15) is 8.42 Å². The lowest BCUT2D eigenvalue weighted by molar-refractivity contribution is 0.240. The largest absolute Gasteiger partial charge is 0.290 e. The van der Waals surface area contributed by atoms with Gasteiger partial charge in [-0.1, -0.05) is 30.3 Å². The van der Waals surface area contributed by atoms with Crippen LogP contribution in [0.2, 0.25) is 0 Å². The summed E-state index contributed by atoms with van der Waals surface area (Å²) in [6.45, 7) is 0. The summed E-state index contributed by atoms with van der Waals surface area (Å²) in [5, 5.41) is 8.49. The number of hydrogen-bond acceptors (Lipinski definition) is 4. The van der Waals surface area contributed by atoms with Gasteiger partial charge in [0.2, 0.25) is 9.84 Å². The van der Waals surface area contributed by atoms with Crippen molar-refractivity contribution in [2.75, 3.05) is 0 Å². The van der Waals surface area contributed by atoms with Gasteiger partial charge in [0.05, 0.1) is 15.5 Å². The standard InChI is InChI=1S/C13H12N2O3S/c16-15-10-14-12-8-4-5-9-13(12)19(17,18)11-6-2-1-3-7-11/h1-10,16H,(H,14,15). The molecule has 0 aromatic heterocycles. The molecular formula is C13H12N2O3S. The first kappa shape index (κ1) is 13.3. The number of para-hydroxylation sites is 1. The number of rotatable bonds is 4. The molecule has 2 aromatic rings. The van der Waals surface area contributed by atoms with E-state index in [1.807, 2.05) is 0 Å². The lowest BCUT2D eigenvalue weighted by Gasteiger charge is -2.07. The molecule has 0 unspecified atom stereocenters. The van der Waals surface area contributed by atoms with Gasteiger partial charge in [-0.2, -0.15) is 0 Å². The van der Waals surface area contributed by atoms with E-state index in [0.717, 1.165) is 6.34 Å². The fourth-order valence-electron chi connectivity index (χ4n) is 1.62. The van der Waals surface area contributed by atoms with Crippen LogP contribution in [0, 0.1) is 0 Å². The van der Waals surface area contributed by atoms with Crippen LogP contribution in [0.4, 0.5) is 5.69 Å². The molecule has 98 valence electrons. The molecule has 2 aromatic carbocycles. The Balaban J connectivity index is 2.56. The maximum absolute atomic E-state index is 12.5. The smallest absolute Gasteiger partial charge is 0.208 e. The van der Waals surface area contributed by atoms with Gasteiger partial charge in [-0.05, 0) is 24.3 Å². The van der Waals surface area contributed by atoms with Gasteiger partial charge in [0.25, 0.3) is 0 Å². The minimum Gasteiger partial charge on any atom is -0.290 e. The maximum Gasteiger partial charge on any atom is 0.208 e. The van der Waals surface area contributed by atoms with Gasteiger partial charge in [-0.15, -0.1) is 0 Å². The molecule has 0 aliphatic rings. The van der Waals surface area contributed by atoms with Crippen molar-refractivity contribution in [1.29, 1.82) is 0 Å². The second-order valence-corrected chi connectivity index (χ2v) is 5.59. The van der Waals surface area contributed by atoms with Gasteiger partial charge < -0.3 is 0 Å². The van der Waals surface area contributed by atoms with Crippen LogP contribution < -0.4 is 5.48 Å².